The molecule has 0 saturated carbocycles. The molecular formula is C16H13F2NO. The van der Waals surface area contributed by atoms with Crippen LogP contribution >= 0.6 is 0 Å². The highest BCUT2D eigenvalue weighted by molar-refractivity contribution is 6.06. The number of carbonyl (C=O) groups excluding carboxylic acids is 1. The van der Waals surface area contributed by atoms with E-state index in [0.717, 1.165) is 0 Å². The minimum absolute atomic E-state index is 0.192. The molecule has 0 radical (unpaired) electrons. The summed E-state index contributed by atoms with van der Waals surface area (Å²) in [4.78, 5) is 12.2. The zero-order chi connectivity index (χ0) is 14.3. The van der Waals surface area contributed by atoms with Crippen LogP contribution in [0.25, 0.3) is 0 Å². The molecule has 1 aliphatic rings. The summed E-state index contributed by atoms with van der Waals surface area (Å²) < 4.78 is 26.7. The SMILES string of the molecule is CC1(Cc2cccc(F)c2)C(=O)Nc2ccc(F)cc21. The van der Waals surface area contributed by atoms with Crippen LogP contribution in [0, 0.1) is 11.6 Å². The van der Waals surface area contributed by atoms with E-state index in [4.69, 9.17) is 0 Å². The molecule has 1 unspecified atom stereocenters. The number of benzene rings is 2. The lowest BCUT2D eigenvalue weighted by molar-refractivity contribution is -0.120. The van der Waals surface area contributed by atoms with Gasteiger partial charge in [-0.15, -0.1) is 0 Å². The van der Waals surface area contributed by atoms with Gasteiger partial charge in [-0.2, -0.15) is 0 Å². The Labute approximate surface area is 115 Å². The van der Waals surface area contributed by atoms with Crippen LogP contribution in [0.3, 0.4) is 0 Å². The highest BCUT2D eigenvalue weighted by Gasteiger charge is 2.42. The minimum Gasteiger partial charge on any atom is -0.325 e. The Morgan fingerprint density at radius 3 is 2.60 bits per heavy atom. The quantitative estimate of drug-likeness (QED) is 0.892. The van der Waals surface area contributed by atoms with Crippen molar-refractivity contribution in [3.63, 3.8) is 0 Å². The lowest BCUT2D eigenvalue weighted by Gasteiger charge is -2.22. The second-order valence-corrected chi connectivity index (χ2v) is 5.28. The Bertz CT molecular complexity index is 699. The maximum atomic E-state index is 13.4. The van der Waals surface area contributed by atoms with E-state index in [-0.39, 0.29) is 17.5 Å². The number of anilines is 1. The van der Waals surface area contributed by atoms with Crippen molar-refractivity contribution in [2.75, 3.05) is 5.32 Å². The molecule has 0 aliphatic carbocycles. The fraction of sp³-hybridized carbons (Fsp3) is 0.188. The van der Waals surface area contributed by atoms with Crippen LogP contribution in [0.5, 0.6) is 0 Å². The van der Waals surface area contributed by atoms with E-state index in [9.17, 15) is 13.6 Å². The van der Waals surface area contributed by atoms with E-state index >= 15 is 0 Å². The molecule has 2 aromatic carbocycles. The average Bonchev–Trinajstić information content (AvgIpc) is 2.62. The predicted molar refractivity (Wildman–Crippen MR) is 72.5 cm³/mol. The summed E-state index contributed by atoms with van der Waals surface area (Å²) in [5.74, 6) is -0.919. The van der Waals surface area contributed by atoms with Crippen molar-refractivity contribution in [2.45, 2.75) is 18.8 Å². The first-order valence-electron chi connectivity index (χ1n) is 6.35. The summed E-state index contributed by atoms with van der Waals surface area (Å²) in [6, 6.07) is 10.4. The Balaban J connectivity index is 2.04. The number of nitrogens with one attached hydrogen (secondary N) is 1. The Hall–Kier alpha value is -2.23. The number of hydrogen-bond acceptors (Lipinski definition) is 1. The van der Waals surface area contributed by atoms with Gasteiger partial charge in [-0.05, 0) is 54.8 Å². The van der Waals surface area contributed by atoms with Crippen LogP contribution < -0.4 is 5.32 Å². The molecule has 3 rings (SSSR count). The zero-order valence-electron chi connectivity index (χ0n) is 10.9. The molecule has 2 aromatic rings. The summed E-state index contributed by atoms with van der Waals surface area (Å²) in [6.07, 6.45) is 0.326. The first kappa shape index (κ1) is 12.8. The van der Waals surface area contributed by atoms with Crippen molar-refractivity contribution in [3.05, 3.63) is 65.2 Å². The van der Waals surface area contributed by atoms with Crippen molar-refractivity contribution in [3.8, 4) is 0 Å². The van der Waals surface area contributed by atoms with E-state index in [1.165, 1.54) is 24.3 Å². The molecule has 0 saturated heterocycles. The molecule has 20 heavy (non-hydrogen) atoms. The molecule has 0 spiro atoms. The van der Waals surface area contributed by atoms with Gasteiger partial charge in [0, 0.05) is 5.69 Å². The van der Waals surface area contributed by atoms with Crippen LogP contribution in [0.15, 0.2) is 42.5 Å². The second-order valence-electron chi connectivity index (χ2n) is 5.28. The summed E-state index contributed by atoms with van der Waals surface area (Å²) in [7, 11) is 0. The third-order valence-corrected chi connectivity index (χ3v) is 3.77. The van der Waals surface area contributed by atoms with Gasteiger partial charge in [-0.3, -0.25) is 4.79 Å². The Morgan fingerprint density at radius 1 is 1.10 bits per heavy atom. The van der Waals surface area contributed by atoms with E-state index in [1.807, 2.05) is 0 Å². The number of rotatable bonds is 2. The molecule has 1 atom stereocenters. The molecule has 1 heterocycles. The van der Waals surface area contributed by atoms with Crippen molar-refractivity contribution in [1.82, 2.24) is 0 Å². The number of halogens is 2. The van der Waals surface area contributed by atoms with Crippen LogP contribution in [0.2, 0.25) is 0 Å². The molecule has 1 amide bonds. The smallest absolute Gasteiger partial charge is 0.235 e. The Morgan fingerprint density at radius 2 is 1.85 bits per heavy atom. The number of carbonyl (C=O) groups is 1. The normalized spacial score (nSPS) is 20.6. The highest BCUT2D eigenvalue weighted by Crippen LogP contribution is 2.40. The number of fused-ring (bicyclic) bond motifs is 1. The molecule has 0 aromatic heterocycles. The topological polar surface area (TPSA) is 29.1 Å². The van der Waals surface area contributed by atoms with Crippen LogP contribution in [-0.4, -0.2) is 5.91 Å². The maximum Gasteiger partial charge on any atom is 0.235 e. The van der Waals surface area contributed by atoms with Gasteiger partial charge in [0.25, 0.3) is 0 Å². The van der Waals surface area contributed by atoms with Crippen LogP contribution in [0.1, 0.15) is 18.1 Å². The molecular weight excluding hydrogens is 260 g/mol. The molecule has 1 aliphatic heterocycles. The molecule has 1 N–H and O–H groups in total. The third-order valence-electron chi connectivity index (χ3n) is 3.77. The van der Waals surface area contributed by atoms with Gasteiger partial charge < -0.3 is 5.32 Å². The highest BCUT2D eigenvalue weighted by atomic mass is 19.1. The average molecular weight is 273 g/mol. The summed E-state index contributed by atoms with van der Waals surface area (Å²) >= 11 is 0. The molecule has 0 bridgehead atoms. The van der Waals surface area contributed by atoms with Crippen molar-refractivity contribution < 1.29 is 13.6 Å². The Kier molecular flexibility index (Phi) is 2.82. The predicted octanol–water partition coefficient (Wildman–Crippen LogP) is 3.42. The largest absolute Gasteiger partial charge is 0.325 e. The molecule has 102 valence electrons. The van der Waals surface area contributed by atoms with Gasteiger partial charge in [0.15, 0.2) is 0 Å². The minimum atomic E-state index is -0.884. The van der Waals surface area contributed by atoms with Gasteiger partial charge >= 0.3 is 0 Å². The molecule has 2 nitrogen and oxygen atoms in total. The second kappa shape index (κ2) is 4.40. The first-order chi connectivity index (χ1) is 9.49. The van der Waals surface area contributed by atoms with Crippen molar-refractivity contribution in [2.24, 2.45) is 0 Å². The van der Waals surface area contributed by atoms with Gasteiger partial charge in [-0.25, -0.2) is 8.78 Å². The fourth-order valence-electron chi connectivity index (χ4n) is 2.70. The lowest BCUT2D eigenvalue weighted by Crippen LogP contribution is -2.33. The van der Waals surface area contributed by atoms with E-state index in [2.05, 4.69) is 5.32 Å². The summed E-state index contributed by atoms with van der Waals surface area (Å²) in [5.41, 5.74) is 1.06. The van der Waals surface area contributed by atoms with Crippen LogP contribution in [-0.2, 0) is 16.6 Å². The van der Waals surface area contributed by atoms with Gasteiger partial charge in [0.05, 0.1) is 5.41 Å². The van der Waals surface area contributed by atoms with Gasteiger partial charge in [0.2, 0.25) is 5.91 Å². The third kappa shape index (κ3) is 1.97. The van der Waals surface area contributed by atoms with E-state index in [0.29, 0.717) is 23.2 Å². The number of hydrogen-bond donors (Lipinski definition) is 1. The van der Waals surface area contributed by atoms with E-state index in [1.54, 1.807) is 25.1 Å². The maximum absolute atomic E-state index is 13.4. The summed E-state index contributed by atoms with van der Waals surface area (Å²) in [6.45, 7) is 1.75. The van der Waals surface area contributed by atoms with Crippen molar-refractivity contribution >= 4 is 11.6 Å². The fourth-order valence-corrected chi connectivity index (χ4v) is 2.70. The summed E-state index contributed by atoms with van der Waals surface area (Å²) in [5, 5.41) is 2.75. The standard InChI is InChI=1S/C16H13F2NO/c1-16(9-10-3-2-4-11(17)7-10)13-8-12(18)5-6-14(13)19-15(16)20/h2-8H,9H2,1H3,(H,19,20). The van der Waals surface area contributed by atoms with Crippen molar-refractivity contribution in [1.29, 1.82) is 0 Å². The molecule has 4 heteroatoms. The van der Waals surface area contributed by atoms with E-state index < -0.39 is 5.41 Å². The first-order valence-corrected chi connectivity index (χ1v) is 6.35. The zero-order valence-corrected chi connectivity index (χ0v) is 10.9. The molecule has 0 fully saturated rings. The van der Waals surface area contributed by atoms with Gasteiger partial charge in [0.1, 0.15) is 11.6 Å². The monoisotopic (exact) mass is 273 g/mol. The lowest BCUT2D eigenvalue weighted by atomic mass is 9.78. The van der Waals surface area contributed by atoms with Gasteiger partial charge in [-0.1, -0.05) is 12.1 Å². The van der Waals surface area contributed by atoms with Crippen LogP contribution in [0.4, 0.5) is 14.5 Å². The number of amides is 1.